The van der Waals surface area contributed by atoms with E-state index in [0.29, 0.717) is 26.1 Å². The number of carbonyl (C=O) groups excluding carboxylic acids is 2. The molecule has 1 fully saturated rings. The zero-order chi connectivity index (χ0) is 16.2. The summed E-state index contributed by atoms with van der Waals surface area (Å²) in [7, 11) is 0. The molecule has 0 spiro atoms. The predicted octanol–water partition coefficient (Wildman–Crippen LogP) is 1.22. The Labute approximate surface area is 137 Å². The molecule has 0 bridgehead atoms. The molecular weight excluding hydrogens is 290 g/mol. The number of carbonyl (C=O) groups is 2. The van der Waals surface area contributed by atoms with Crippen molar-refractivity contribution < 1.29 is 9.59 Å². The van der Waals surface area contributed by atoms with Crippen LogP contribution in [0.2, 0.25) is 0 Å². The van der Waals surface area contributed by atoms with Gasteiger partial charge < -0.3 is 15.5 Å². The van der Waals surface area contributed by atoms with Crippen LogP contribution in [0.4, 0.5) is 0 Å². The number of rotatable bonds is 4. The molecule has 2 heterocycles. The van der Waals surface area contributed by atoms with Crippen LogP contribution >= 0.6 is 0 Å². The molecule has 1 saturated heterocycles. The molecule has 1 aromatic rings. The quantitative estimate of drug-likeness (QED) is 0.878. The van der Waals surface area contributed by atoms with Gasteiger partial charge in [0, 0.05) is 19.6 Å². The van der Waals surface area contributed by atoms with Gasteiger partial charge in [0.25, 0.3) is 0 Å². The SMILES string of the molecule is CCCNC(=O)[C@H]1CCCN1C(=O)[C@H]1Cc2ccccc2CN1. The van der Waals surface area contributed by atoms with Crippen molar-refractivity contribution in [3.8, 4) is 0 Å². The first-order valence-electron chi connectivity index (χ1n) is 8.59. The fourth-order valence-corrected chi connectivity index (χ4v) is 3.50. The van der Waals surface area contributed by atoms with E-state index in [2.05, 4.69) is 22.8 Å². The first-order valence-corrected chi connectivity index (χ1v) is 8.59. The van der Waals surface area contributed by atoms with Gasteiger partial charge in [0.05, 0.1) is 6.04 Å². The van der Waals surface area contributed by atoms with Crippen molar-refractivity contribution in [2.75, 3.05) is 13.1 Å². The lowest BCUT2D eigenvalue weighted by atomic mass is 9.95. The van der Waals surface area contributed by atoms with Crippen molar-refractivity contribution >= 4 is 11.8 Å². The molecule has 124 valence electrons. The number of likely N-dealkylation sites (tertiary alicyclic amines) is 1. The van der Waals surface area contributed by atoms with Crippen LogP contribution in [-0.2, 0) is 22.6 Å². The van der Waals surface area contributed by atoms with Crippen LogP contribution in [0.1, 0.15) is 37.3 Å². The summed E-state index contributed by atoms with van der Waals surface area (Å²) in [6.45, 7) is 4.10. The topological polar surface area (TPSA) is 61.4 Å². The van der Waals surface area contributed by atoms with Crippen LogP contribution in [0.25, 0.3) is 0 Å². The zero-order valence-electron chi connectivity index (χ0n) is 13.7. The van der Waals surface area contributed by atoms with E-state index in [1.807, 2.05) is 19.1 Å². The Kier molecular flexibility index (Phi) is 4.96. The van der Waals surface area contributed by atoms with Gasteiger partial charge in [-0.15, -0.1) is 0 Å². The summed E-state index contributed by atoms with van der Waals surface area (Å²) >= 11 is 0. The Balaban J connectivity index is 1.67. The fourth-order valence-electron chi connectivity index (χ4n) is 3.50. The lowest BCUT2D eigenvalue weighted by Crippen LogP contribution is -2.54. The van der Waals surface area contributed by atoms with E-state index >= 15 is 0 Å². The van der Waals surface area contributed by atoms with Crippen LogP contribution in [0.5, 0.6) is 0 Å². The first kappa shape index (κ1) is 16.0. The Morgan fingerprint density at radius 3 is 2.87 bits per heavy atom. The summed E-state index contributed by atoms with van der Waals surface area (Å²) < 4.78 is 0. The standard InChI is InChI=1S/C18H25N3O2/c1-2-9-19-17(22)16-8-5-10-21(16)18(23)15-11-13-6-3-4-7-14(13)12-20-15/h3-4,6-7,15-16,20H,2,5,8-12H2,1H3,(H,19,22)/t15-,16-/m1/s1. The number of hydrogen-bond acceptors (Lipinski definition) is 3. The first-order chi connectivity index (χ1) is 11.2. The third-order valence-electron chi connectivity index (χ3n) is 4.77. The molecule has 0 unspecified atom stereocenters. The van der Waals surface area contributed by atoms with Gasteiger partial charge in [-0.3, -0.25) is 9.59 Å². The number of hydrogen-bond donors (Lipinski definition) is 2. The minimum Gasteiger partial charge on any atom is -0.354 e. The summed E-state index contributed by atoms with van der Waals surface area (Å²) in [5.41, 5.74) is 2.49. The van der Waals surface area contributed by atoms with E-state index in [-0.39, 0.29) is 23.9 Å². The molecule has 5 nitrogen and oxygen atoms in total. The maximum absolute atomic E-state index is 12.9. The molecule has 23 heavy (non-hydrogen) atoms. The molecular formula is C18H25N3O2. The smallest absolute Gasteiger partial charge is 0.242 e. The van der Waals surface area contributed by atoms with Gasteiger partial charge in [-0.1, -0.05) is 31.2 Å². The Morgan fingerprint density at radius 2 is 2.09 bits per heavy atom. The number of benzene rings is 1. The van der Waals surface area contributed by atoms with Crippen LogP contribution in [0, 0.1) is 0 Å². The average Bonchev–Trinajstić information content (AvgIpc) is 3.08. The molecule has 2 aliphatic rings. The molecule has 2 aliphatic heterocycles. The van der Waals surface area contributed by atoms with E-state index in [1.165, 1.54) is 11.1 Å². The second kappa shape index (κ2) is 7.13. The molecule has 0 radical (unpaired) electrons. The monoisotopic (exact) mass is 315 g/mol. The predicted molar refractivity (Wildman–Crippen MR) is 88.8 cm³/mol. The van der Waals surface area contributed by atoms with Gasteiger partial charge in [0.1, 0.15) is 6.04 Å². The van der Waals surface area contributed by atoms with Gasteiger partial charge in [0.15, 0.2) is 0 Å². The second-order valence-corrected chi connectivity index (χ2v) is 6.39. The Hall–Kier alpha value is -1.88. The van der Waals surface area contributed by atoms with Gasteiger partial charge in [-0.05, 0) is 36.8 Å². The van der Waals surface area contributed by atoms with E-state index in [1.54, 1.807) is 4.90 Å². The highest BCUT2D eigenvalue weighted by atomic mass is 16.2. The molecule has 2 atom stereocenters. The molecule has 0 aliphatic carbocycles. The molecule has 5 heteroatoms. The van der Waals surface area contributed by atoms with Crippen molar-refractivity contribution in [1.82, 2.24) is 15.5 Å². The highest BCUT2D eigenvalue weighted by Gasteiger charge is 2.37. The van der Waals surface area contributed by atoms with Crippen LogP contribution < -0.4 is 10.6 Å². The Bertz CT molecular complexity index is 587. The van der Waals surface area contributed by atoms with Gasteiger partial charge in [0.2, 0.25) is 11.8 Å². The number of nitrogens with one attached hydrogen (secondary N) is 2. The van der Waals surface area contributed by atoms with Gasteiger partial charge in [-0.25, -0.2) is 0 Å². The summed E-state index contributed by atoms with van der Waals surface area (Å²) in [6.07, 6.45) is 3.28. The molecule has 2 amide bonds. The molecule has 0 saturated carbocycles. The zero-order valence-corrected chi connectivity index (χ0v) is 13.7. The van der Waals surface area contributed by atoms with Crippen molar-refractivity contribution in [3.63, 3.8) is 0 Å². The van der Waals surface area contributed by atoms with Gasteiger partial charge >= 0.3 is 0 Å². The largest absolute Gasteiger partial charge is 0.354 e. The highest BCUT2D eigenvalue weighted by Crippen LogP contribution is 2.22. The van der Waals surface area contributed by atoms with Crippen molar-refractivity contribution in [1.29, 1.82) is 0 Å². The molecule has 0 aromatic heterocycles. The van der Waals surface area contributed by atoms with Crippen molar-refractivity contribution in [2.24, 2.45) is 0 Å². The third kappa shape index (κ3) is 3.39. The fraction of sp³-hybridized carbons (Fsp3) is 0.556. The minimum absolute atomic E-state index is 0.00564. The normalized spacial score (nSPS) is 23.4. The van der Waals surface area contributed by atoms with E-state index in [9.17, 15) is 9.59 Å². The number of fused-ring (bicyclic) bond motifs is 1. The van der Waals surface area contributed by atoms with E-state index in [0.717, 1.165) is 19.3 Å². The lowest BCUT2D eigenvalue weighted by molar-refractivity contribution is -0.140. The summed E-state index contributed by atoms with van der Waals surface area (Å²) in [5.74, 6) is 0.0579. The van der Waals surface area contributed by atoms with Crippen molar-refractivity contribution in [3.05, 3.63) is 35.4 Å². The van der Waals surface area contributed by atoms with E-state index < -0.39 is 0 Å². The van der Waals surface area contributed by atoms with Crippen LogP contribution in [-0.4, -0.2) is 41.9 Å². The molecule has 2 N–H and O–H groups in total. The summed E-state index contributed by atoms with van der Waals surface area (Å²) in [6, 6.07) is 7.71. The lowest BCUT2D eigenvalue weighted by Gasteiger charge is -2.31. The number of nitrogens with zero attached hydrogens (tertiary/aromatic N) is 1. The third-order valence-corrected chi connectivity index (χ3v) is 4.77. The highest BCUT2D eigenvalue weighted by molar-refractivity contribution is 5.90. The average molecular weight is 315 g/mol. The van der Waals surface area contributed by atoms with E-state index in [4.69, 9.17) is 0 Å². The molecule has 1 aromatic carbocycles. The summed E-state index contributed by atoms with van der Waals surface area (Å²) in [5, 5.41) is 6.26. The maximum Gasteiger partial charge on any atom is 0.242 e. The summed E-state index contributed by atoms with van der Waals surface area (Å²) in [4.78, 5) is 26.9. The van der Waals surface area contributed by atoms with Crippen LogP contribution in [0.3, 0.4) is 0 Å². The van der Waals surface area contributed by atoms with Crippen LogP contribution in [0.15, 0.2) is 24.3 Å². The second-order valence-electron chi connectivity index (χ2n) is 6.39. The van der Waals surface area contributed by atoms with Crippen molar-refractivity contribution in [2.45, 2.75) is 51.2 Å². The Morgan fingerprint density at radius 1 is 1.30 bits per heavy atom. The maximum atomic E-state index is 12.9. The number of amides is 2. The minimum atomic E-state index is -0.298. The van der Waals surface area contributed by atoms with Gasteiger partial charge in [-0.2, -0.15) is 0 Å². The molecule has 3 rings (SSSR count).